The molecule has 2 fully saturated rings. The van der Waals surface area contributed by atoms with Gasteiger partial charge in [0.2, 0.25) is 0 Å². The Labute approximate surface area is 201 Å². The zero-order chi connectivity index (χ0) is 22.8. The fourth-order valence-electron chi connectivity index (χ4n) is 5.39. The summed E-state index contributed by atoms with van der Waals surface area (Å²) < 4.78 is 44.5. The highest BCUT2D eigenvalue weighted by Gasteiger charge is 2.41. The van der Waals surface area contributed by atoms with Crippen molar-refractivity contribution in [2.24, 2.45) is 5.92 Å². The third-order valence-corrected chi connectivity index (χ3v) is 7.78. The maximum absolute atomic E-state index is 12.8. The fourth-order valence-corrected chi connectivity index (χ4v) is 5.52. The third kappa shape index (κ3) is 6.43. The van der Waals surface area contributed by atoms with Gasteiger partial charge in [0.25, 0.3) is 0 Å². The van der Waals surface area contributed by atoms with Gasteiger partial charge in [0.1, 0.15) is 0 Å². The summed E-state index contributed by atoms with van der Waals surface area (Å²) in [4.78, 5) is 2.61. The lowest BCUT2D eigenvalue weighted by Gasteiger charge is -2.47. The van der Waals surface area contributed by atoms with Crippen molar-refractivity contribution in [2.45, 2.75) is 76.5 Å². The minimum atomic E-state index is -4.28. The van der Waals surface area contributed by atoms with Crippen molar-refractivity contribution in [3.8, 4) is 0 Å². The predicted octanol–water partition coefficient (Wildman–Crippen LogP) is 7.72. The number of hydrogen-bond donors (Lipinski definition) is 0. The molecule has 1 aromatic rings. The van der Waals surface area contributed by atoms with Gasteiger partial charge in [-0.25, -0.2) is 0 Å². The summed E-state index contributed by atoms with van der Waals surface area (Å²) in [6.45, 7) is 5.75. The van der Waals surface area contributed by atoms with Crippen LogP contribution < -0.4 is 0 Å². The first kappa shape index (κ1) is 26.3. The SMILES string of the molecule is C.CC1(OCC[C@@H]2CCCN(CC3(c4ccc(Cl)cc4)CCC3)C2)C=CC(C(F)(F)F)=CC1. The molecule has 2 atom stereocenters. The van der Waals surface area contributed by atoms with Crippen molar-refractivity contribution >= 4 is 11.6 Å². The summed E-state index contributed by atoms with van der Waals surface area (Å²) in [6, 6.07) is 8.38. The van der Waals surface area contributed by atoms with E-state index < -0.39 is 17.4 Å². The van der Waals surface area contributed by atoms with Crippen LogP contribution in [0.15, 0.2) is 48.1 Å². The molecule has 0 amide bonds. The highest BCUT2D eigenvalue weighted by Crippen LogP contribution is 2.45. The Balaban J connectivity index is 0.00000306. The maximum Gasteiger partial charge on any atom is 0.416 e. The monoisotopic (exact) mass is 483 g/mol. The summed E-state index contributed by atoms with van der Waals surface area (Å²) in [5.41, 5.74) is 0.438. The quantitative estimate of drug-likeness (QED) is 0.393. The largest absolute Gasteiger partial charge is 0.416 e. The lowest BCUT2D eigenvalue weighted by atomic mass is 9.64. The second-order valence-corrected chi connectivity index (χ2v) is 10.5. The highest BCUT2D eigenvalue weighted by molar-refractivity contribution is 6.30. The number of rotatable bonds is 7. The smallest absolute Gasteiger partial charge is 0.371 e. The average molecular weight is 484 g/mol. The van der Waals surface area contributed by atoms with Crippen LogP contribution in [0.25, 0.3) is 0 Å². The van der Waals surface area contributed by atoms with Gasteiger partial charge in [-0.3, -0.25) is 0 Å². The molecule has 6 heteroatoms. The van der Waals surface area contributed by atoms with Crippen molar-refractivity contribution in [3.05, 3.63) is 58.7 Å². The Morgan fingerprint density at radius 3 is 2.45 bits per heavy atom. The molecular formula is C27H37ClF3NO. The second-order valence-electron chi connectivity index (χ2n) is 10.0. The molecule has 2 nitrogen and oxygen atoms in total. The summed E-state index contributed by atoms with van der Waals surface area (Å²) in [6.07, 6.45) is 7.02. The zero-order valence-electron chi connectivity index (χ0n) is 18.8. The van der Waals surface area contributed by atoms with Crippen molar-refractivity contribution in [1.82, 2.24) is 4.90 Å². The molecule has 1 heterocycles. The topological polar surface area (TPSA) is 12.5 Å². The number of allylic oxidation sites excluding steroid dienone is 2. The maximum atomic E-state index is 12.8. The van der Waals surface area contributed by atoms with Crippen LogP contribution >= 0.6 is 11.6 Å². The molecule has 3 aliphatic rings. The molecule has 184 valence electrons. The van der Waals surface area contributed by atoms with Crippen molar-refractivity contribution in [3.63, 3.8) is 0 Å². The number of likely N-dealkylation sites (tertiary alicyclic amines) is 1. The molecule has 0 bridgehead atoms. The lowest BCUT2D eigenvalue weighted by Crippen LogP contribution is -2.48. The summed E-state index contributed by atoms with van der Waals surface area (Å²) in [7, 11) is 0. The number of benzene rings is 1. The Hall–Kier alpha value is -1.30. The van der Waals surface area contributed by atoms with E-state index in [4.69, 9.17) is 16.3 Å². The van der Waals surface area contributed by atoms with E-state index in [1.54, 1.807) is 6.08 Å². The van der Waals surface area contributed by atoms with Gasteiger partial charge in [-0.05, 0) is 75.6 Å². The number of hydrogen-bond acceptors (Lipinski definition) is 2. The highest BCUT2D eigenvalue weighted by atomic mass is 35.5. The van der Waals surface area contributed by atoms with Crippen LogP contribution in [0.5, 0.6) is 0 Å². The van der Waals surface area contributed by atoms with Gasteiger partial charge in [0.15, 0.2) is 0 Å². The lowest BCUT2D eigenvalue weighted by molar-refractivity contribution is -0.0898. The summed E-state index contributed by atoms with van der Waals surface area (Å²) >= 11 is 6.10. The first-order valence-electron chi connectivity index (χ1n) is 11.8. The minimum Gasteiger partial charge on any atom is -0.371 e. The van der Waals surface area contributed by atoms with Gasteiger partial charge in [0.05, 0.1) is 11.2 Å². The predicted molar refractivity (Wildman–Crippen MR) is 130 cm³/mol. The zero-order valence-corrected chi connectivity index (χ0v) is 19.5. The molecule has 1 saturated heterocycles. The molecule has 0 radical (unpaired) electrons. The molecule has 1 saturated carbocycles. The Bertz CT molecular complexity index is 844. The van der Waals surface area contributed by atoms with Gasteiger partial charge in [-0.15, -0.1) is 0 Å². The van der Waals surface area contributed by atoms with Crippen molar-refractivity contribution in [1.29, 1.82) is 0 Å². The Morgan fingerprint density at radius 1 is 1.15 bits per heavy atom. The Kier molecular flexibility index (Phi) is 8.40. The van der Waals surface area contributed by atoms with E-state index in [-0.39, 0.29) is 19.3 Å². The number of piperidine rings is 1. The molecular weight excluding hydrogens is 447 g/mol. The van der Waals surface area contributed by atoms with Crippen molar-refractivity contribution in [2.75, 3.05) is 26.2 Å². The Morgan fingerprint density at radius 2 is 1.88 bits per heavy atom. The number of halogens is 4. The van der Waals surface area contributed by atoms with Gasteiger partial charge in [-0.1, -0.05) is 55.8 Å². The van der Waals surface area contributed by atoms with Crippen LogP contribution in [0.2, 0.25) is 5.02 Å². The molecule has 4 rings (SSSR count). The first-order valence-corrected chi connectivity index (χ1v) is 12.1. The van der Waals surface area contributed by atoms with E-state index in [1.165, 1.54) is 43.7 Å². The number of alkyl halides is 3. The molecule has 2 aliphatic carbocycles. The van der Waals surface area contributed by atoms with Crippen molar-refractivity contribution < 1.29 is 17.9 Å². The molecule has 0 N–H and O–H groups in total. The molecule has 1 unspecified atom stereocenters. The van der Waals surface area contributed by atoms with E-state index in [0.29, 0.717) is 12.5 Å². The summed E-state index contributed by atoms with van der Waals surface area (Å²) in [5, 5.41) is 0.785. The molecule has 0 spiro atoms. The number of nitrogens with zero attached hydrogens (tertiary/aromatic N) is 1. The first-order chi connectivity index (χ1) is 15.2. The second kappa shape index (κ2) is 10.5. The molecule has 0 aromatic heterocycles. The van der Waals surface area contributed by atoms with E-state index in [0.717, 1.165) is 37.2 Å². The fraction of sp³-hybridized carbons (Fsp3) is 0.630. The van der Waals surface area contributed by atoms with Crippen LogP contribution in [0, 0.1) is 5.92 Å². The van der Waals surface area contributed by atoms with Gasteiger partial charge in [-0.2, -0.15) is 13.2 Å². The van der Waals surface area contributed by atoms with Gasteiger partial charge < -0.3 is 9.64 Å². The standard InChI is InChI=1S/C26H33ClF3NO.CH4/c1-24(14-9-22(10-15-24)26(28,29)30)32-17-11-20-4-2-16-31(18-20)19-25(12-3-13-25)21-5-7-23(27)8-6-21;/h5-10,14,20H,2-4,11-13,15-19H2,1H3;1H4/t20-,24?;/m0./s1. The molecule has 1 aromatic carbocycles. The average Bonchev–Trinajstić information content (AvgIpc) is 2.71. The van der Waals surface area contributed by atoms with E-state index in [2.05, 4.69) is 17.0 Å². The normalized spacial score (nSPS) is 27.4. The van der Waals surface area contributed by atoms with Crippen LogP contribution in [0.4, 0.5) is 13.2 Å². The third-order valence-electron chi connectivity index (χ3n) is 7.52. The van der Waals surface area contributed by atoms with Crippen LogP contribution in [-0.4, -0.2) is 42.9 Å². The van der Waals surface area contributed by atoms with Crippen LogP contribution in [0.1, 0.15) is 64.9 Å². The van der Waals surface area contributed by atoms with Gasteiger partial charge >= 0.3 is 6.18 Å². The van der Waals surface area contributed by atoms with E-state index in [1.807, 2.05) is 19.1 Å². The van der Waals surface area contributed by atoms with E-state index in [9.17, 15) is 13.2 Å². The minimum absolute atomic E-state index is 0. The number of ether oxygens (including phenoxy) is 1. The van der Waals surface area contributed by atoms with E-state index >= 15 is 0 Å². The summed E-state index contributed by atoms with van der Waals surface area (Å²) in [5.74, 6) is 0.573. The van der Waals surface area contributed by atoms with Crippen LogP contribution in [0.3, 0.4) is 0 Å². The molecule has 33 heavy (non-hydrogen) atoms. The van der Waals surface area contributed by atoms with Crippen LogP contribution in [-0.2, 0) is 10.2 Å². The van der Waals surface area contributed by atoms with Gasteiger partial charge in [0, 0.05) is 30.1 Å². The molecule has 1 aliphatic heterocycles.